The van der Waals surface area contributed by atoms with Crippen LogP contribution in [0.15, 0.2) is 58.0 Å². The Morgan fingerprint density at radius 3 is 2.00 bits per heavy atom. The molecule has 0 saturated carbocycles. The van der Waals surface area contributed by atoms with Crippen LogP contribution in [0.1, 0.15) is 67.9 Å². The van der Waals surface area contributed by atoms with Gasteiger partial charge < -0.3 is 18.6 Å². The molecule has 0 radical (unpaired) electrons. The van der Waals surface area contributed by atoms with Crippen LogP contribution in [0.2, 0.25) is 0 Å². The average molecular weight is 680 g/mol. The molecule has 13 nitrogen and oxygen atoms in total. The number of carbonyl (C=O) groups is 2. The molecular weight excluding hydrogens is 638 g/mol. The van der Waals surface area contributed by atoms with Crippen molar-refractivity contribution in [2.24, 2.45) is 0 Å². The summed E-state index contributed by atoms with van der Waals surface area (Å²) in [6, 6.07) is 11.7. The van der Waals surface area contributed by atoms with Crippen LogP contribution in [-0.2, 0) is 25.7 Å². The highest BCUT2D eigenvalue weighted by Gasteiger charge is 2.37. The van der Waals surface area contributed by atoms with Gasteiger partial charge in [0.15, 0.2) is 21.3 Å². The Morgan fingerprint density at radius 2 is 1.48 bits per heavy atom. The molecule has 48 heavy (non-hydrogen) atoms. The number of ether oxygens (including phenoxy) is 3. The van der Waals surface area contributed by atoms with E-state index in [1.54, 1.807) is 73.6 Å². The van der Waals surface area contributed by atoms with Gasteiger partial charge in [-0.15, -0.1) is 10.2 Å². The molecule has 2 amide bonds. The zero-order valence-electron chi connectivity index (χ0n) is 28.8. The predicted molar refractivity (Wildman–Crippen MR) is 179 cm³/mol. The van der Waals surface area contributed by atoms with E-state index in [4.69, 9.17) is 23.6 Å². The largest absolute Gasteiger partial charge is 0.496 e. The summed E-state index contributed by atoms with van der Waals surface area (Å²) in [6.07, 6.45) is -0.0248. The third kappa shape index (κ3) is 8.16. The third-order valence-electron chi connectivity index (χ3n) is 6.75. The van der Waals surface area contributed by atoms with Gasteiger partial charge in [0, 0.05) is 5.56 Å². The van der Waals surface area contributed by atoms with Crippen molar-refractivity contribution in [2.75, 3.05) is 12.0 Å². The molecule has 4 aromatic rings. The number of anilines is 1. The molecule has 0 aliphatic rings. The predicted octanol–water partition coefficient (Wildman–Crippen LogP) is 7.29. The fourth-order valence-corrected chi connectivity index (χ4v) is 5.40. The molecule has 4 rings (SSSR count). The summed E-state index contributed by atoms with van der Waals surface area (Å²) in [4.78, 5) is 37.1. The standard InChI is InChI=1S/C34H41N5O8S/c1-11-21-12-17-24(26(18-21)44-10)29-37-38-30(45-29)27-28(39(31(40)46-33(4,5)6)32(41)47-34(7,8)9)35-19-25(36-27)22-13-15-23(16-14-22)48(42,43)20(2)3/h12-20H,11H2,1-10H3. The highest BCUT2D eigenvalue weighted by atomic mass is 32.2. The molecule has 0 atom stereocenters. The molecule has 0 saturated heterocycles. The highest BCUT2D eigenvalue weighted by molar-refractivity contribution is 7.92. The lowest BCUT2D eigenvalue weighted by Gasteiger charge is -2.28. The monoisotopic (exact) mass is 679 g/mol. The summed E-state index contributed by atoms with van der Waals surface area (Å²) in [6.45, 7) is 15.1. The number of carbonyl (C=O) groups excluding carboxylic acids is 2. The molecule has 0 aliphatic heterocycles. The van der Waals surface area contributed by atoms with Gasteiger partial charge in [0.2, 0.25) is 0 Å². The van der Waals surface area contributed by atoms with Crippen LogP contribution in [0.5, 0.6) is 5.75 Å². The third-order valence-corrected chi connectivity index (χ3v) is 8.92. The topological polar surface area (TPSA) is 164 Å². The van der Waals surface area contributed by atoms with Crippen molar-refractivity contribution in [2.45, 2.75) is 90.1 Å². The summed E-state index contributed by atoms with van der Waals surface area (Å²) >= 11 is 0. The van der Waals surface area contributed by atoms with Crippen molar-refractivity contribution in [3.05, 3.63) is 54.2 Å². The van der Waals surface area contributed by atoms with Gasteiger partial charge in [0.25, 0.3) is 11.8 Å². The van der Waals surface area contributed by atoms with E-state index >= 15 is 0 Å². The molecule has 256 valence electrons. The molecule has 14 heteroatoms. The van der Waals surface area contributed by atoms with E-state index in [9.17, 15) is 18.0 Å². The molecule has 0 unspecified atom stereocenters. The Kier molecular flexibility index (Phi) is 10.3. The van der Waals surface area contributed by atoms with Gasteiger partial charge in [-0.2, -0.15) is 4.90 Å². The first-order chi connectivity index (χ1) is 22.3. The van der Waals surface area contributed by atoms with Crippen LogP contribution in [0, 0.1) is 0 Å². The second-order valence-electron chi connectivity index (χ2n) is 13.1. The fraction of sp³-hybridized carbons (Fsp3) is 0.412. The SMILES string of the molecule is CCc1ccc(-c2nnc(-c3nc(-c4ccc(S(=O)(=O)C(C)C)cc4)cnc3N(C(=O)OC(C)(C)C)C(=O)OC(C)(C)C)o2)c(OC)c1. The maximum atomic E-state index is 13.6. The molecule has 0 N–H and O–H groups in total. The number of sulfone groups is 1. The molecule has 0 aliphatic carbocycles. The van der Waals surface area contributed by atoms with Crippen LogP contribution in [0.4, 0.5) is 15.4 Å². The second-order valence-corrected chi connectivity index (χ2v) is 15.6. The van der Waals surface area contributed by atoms with Crippen LogP contribution < -0.4 is 9.64 Å². The highest BCUT2D eigenvalue weighted by Crippen LogP contribution is 2.36. The lowest BCUT2D eigenvalue weighted by molar-refractivity contribution is 0.0429. The van der Waals surface area contributed by atoms with Gasteiger partial charge in [-0.3, -0.25) is 0 Å². The fourth-order valence-electron chi connectivity index (χ4n) is 4.34. The van der Waals surface area contributed by atoms with E-state index in [1.165, 1.54) is 25.4 Å². The molecule has 0 fully saturated rings. The Morgan fingerprint density at radius 1 is 0.896 bits per heavy atom. The number of methoxy groups -OCH3 is 1. The Labute approximate surface area is 280 Å². The Hall–Kier alpha value is -4.85. The number of aryl methyl sites for hydroxylation is 1. The van der Waals surface area contributed by atoms with E-state index in [0.29, 0.717) is 21.8 Å². The van der Waals surface area contributed by atoms with Gasteiger partial charge in [0.05, 0.1) is 34.7 Å². The number of aromatic nitrogens is 4. The van der Waals surface area contributed by atoms with Crippen molar-refractivity contribution < 1.29 is 36.6 Å². The molecule has 2 aromatic carbocycles. The lowest BCUT2D eigenvalue weighted by atomic mass is 10.1. The maximum absolute atomic E-state index is 13.6. The normalized spacial score (nSPS) is 12.1. The van der Waals surface area contributed by atoms with Gasteiger partial charge in [-0.1, -0.05) is 25.1 Å². The molecule has 0 spiro atoms. The first-order valence-electron chi connectivity index (χ1n) is 15.3. The minimum atomic E-state index is -3.52. The summed E-state index contributed by atoms with van der Waals surface area (Å²) in [5.41, 5.74) is 0.205. The maximum Gasteiger partial charge on any atom is 0.425 e. The van der Waals surface area contributed by atoms with E-state index in [1.807, 2.05) is 19.1 Å². The van der Waals surface area contributed by atoms with Crippen molar-refractivity contribution in [1.29, 1.82) is 0 Å². The summed E-state index contributed by atoms with van der Waals surface area (Å²) in [7, 11) is -1.99. The zero-order chi connectivity index (χ0) is 35.6. The van der Waals surface area contributed by atoms with Crippen molar-refractivity contribution in [3.63, 3.8) is 0 Å². The smallest absolute Gasteiger partial charge is 0.425 e. The minimum Gasteiger partial charge on any atom is -0.496 e. The van der Waals surface area contributed by atoms with E-state index in [0.717, 1.165) is 12.0 Å². The van der Waals surface area contributed by atoms with E-state index in [-0.39, 0.29) is 33.9 Å². The number of rotatable bonds is 8. The van der Waals surface area contributed by atoms with Crippen LogP contribution in [-0.4, -0.2) is 64.3 Å². The molecule has 2 aromatic heterocycles. The van der Waals surface area contributed by atoms with Gasteiger partial charge in [0.1, 0.15) is 17.0 Å². The minimum absolute atomic E-state index is 0.0898. The number of hydrogen-bond acceptors (Lipinski definition) is 12. The first kappa shape index (κ1) is 36.0. The first-order valence-corrected chi connectivity index (χ1v) is 16.9. The van der Waals surface area contributed by atoms with E-state index in [2.05, 4.69) is 15.2 Å². The van der Waals surface area contributed by atoms with Gasteiger partial charge >= 0.3 is 12.2 Å². The number of nitrogens with zero attached hydrogens (tertiary/aromatic N) is 5. The van der Waals surface area contributed by atoms with Crippen LogP contribution in [0.25, 0.3) is 34.3 Å². The van der Waals surface area contributed by atoms with Gasteiger partial charge in [-0.05, 0) is 91.6 Å². The van der Waals surface area contributed by atoms with Crippen molar-refractivity contribution in [3.8, 4) is 40.0 Å². The summed E-state index contributed by atoms with van der Waals surface area (Å²) in [5.74, 6) is 0.133. The second kappa shape index (κ2) is 13.7. The molecule has 2 heterocycles. The molecule has 0 bridgehead atoms. The van der Waals surface area contributed by atoms with Crippen LogP contribution >= 0.6 is 0 Å². The number of hydrogen-bond donors (Lipinski definition) is 0. The molecular formula is C34H41N5O8S. The number of amides is 2. The lowest BCUT2D eigenvalue weighted by Crippen LogP contribution is -2.44. The van der Waals surface area contributed by atoms with Crippen molar-refractivity contribution in [1.82, 2.24) is 20.2 Å². The average Bonchev–Trinajstić information content (AvgIpc) is 3.49. The number of imide groups is 1. The summed E-state index contributed by atoms with van der Waals surface area (Å²) < 4.78 is 48.2. The Balaban J connectivity index is 1.93. The van der Waals surface area contributed by atoms with Crippen molar-refractivity contribution >= 4 is 27.8 Å². The number of benzene rings is 2. The van der Waals surface area contributed by atoms with E-state index < -0.39 is 38.5 Å². The van der Waals surface area contributed by atoms with Crippen LogP contribution in [0.3, 0.4) is 0 Å². The zero-order valence-corrected chi connectivity index (χ0v) is 29.6. The quantitative estimate of drug-likeness (QED) is 0.183. The van der Waals surface area contributed by atoms with Gasteiger partial charge in [-0.25, -0.2) is 28.0 Å². The Bertz CT molecular complexity index is 1880. The summed E-state index contributed by atoms with van der Waals surface area (Å²) in [5, 5.41) is 7.81.